The van der Waals surface area contributed by atoms with Crippen molar-refractivity contribution >= 4 is 21.4 Å². The minimum Gasteiger partial charge on any atom is -0.388 e. The summed E-state index contributed by atoms with van der Waals surface area (Å²) < 4.78 is 36.7. The smallest absolute Gasteiger partial charge is 0.149 e. The van der Waals surface area contributed by atoms with Crippen LogP contribution in [0.1, 0.15) is 18.5 Å². The molecule has 1 unspecified atom stereocenters. The van der Waals surface area contributed by atoms with E-state index >= 15 is 0 Å². The van der Waals surface area contributed by atoms with E-state index in [0.717, 1.165) is 6.26 Å². The molecule has 0 amide bonds. The van der Waals surface area contributed by atoms with Crippen molar-refractivity contribution in [1.29, 1.82) is 0 Å². The van der Waals surface area contributed by atoms with Crippen LogP contribution in [0.3, 0.4) is 0 Å². The highest BCUT2D eigenvalue weighted by Gasteiger charge is 2.20. The molecule has 0 aromatic heterocycles. The molecule has 0 heterocycles. The van der Waals surface area contributed by atoms with E-state index in [9.17, 15) is 12.8 Å². The normalized spacial score (nSPS) is 14.2. The molecule has 0 aliphatic rings. The van der Waals surface area contributed by atoms with Gasteiger partial charge >= 0.3 is 0 Å². The van der Waals surface area contributed by atoms with Gasteiger partial charge in [-0.15, -0.1) is 0 Å². The molecule has 7 heteroatoms. The Labute approximate surface area is 112 Å². The van der Waals surface area contributed by atoms with Crippen LogP contribution in [0.15, 0.2) is 23.2 Å². The fourth-order valence-electron chi connectivity index (χ4n) is 1.68. The first-order valence-corrected chi connectivity index (χ1v) is 7.74. The molecule has 0 aliphatic carbocycles. The summed E-state index contributed by atoms with van der Waals surface area (Å²) in [7, 11) is -1.61. The molecule has 5 nitrogen and oxygen atoms in total. The van der Waals surface area contributed by atoms with E-state index in [4.69, 9.17) is 5.73 Å². The summed E-state index contributed by atoms with van der Waals surface area (Å²) in [5.74, 6) is -0.577. The molecule has 1 aromatic rings. The number of nitrogens with one attached hydrogen (secondary N) is 1. The van der Waals surface area contributed by atoms with Crippen LogP contribution >= 0.6 is 0 Å². The van der Waals surface area contributed by atoms with Gasteiger partial charge in [-0.2, -0.15) is 0 Å². The van der Waals surface area contributed by atoms with Gasteiger partial charge in [0.2, 0.25) is 0 Å². The number of amidine groups is 1. The predicted octanol–water partition coefficient (Wildman–Crippen LogP) is 1.33. The first kappa shape index (κ1) is 15.4. The second-order valence-corrected chi connectivity index (χ2v) is 6.55. The highest BCUT2D eigenvalue weighted by molar-refractivity contribution is 7.90. The lowest BCUT2D eigenvalue weighted by Gasteiger charge is -2.15. The number of sulfone groups is 1. The molecule has 0 spiro atoms. The van der Waals surface area contributed by atoms with E-state index in [0.29, 0.717) is 5.69 Å². The highest BCUT2D eigenvalue weighted by atomic mass is 32.2. The molecule has 0 bridgehead atoms. The lowest BCUT2D eigenvalue weighted by molar-refractivity contribution is 0.579. The third-order valence-electron chi connectivity index (χ3n) is 2.46. The van der Waals surface area contributed by atoms with E-state index in [-0.39, 0.29) is 17.2 Å². The number of hydrogen-bond acceptors (Lipinski definition) is 4. The van der Waals surface area contributed by atoms with Crippen molar-refractivity contribution in [1.82, 2.24) is 0 Å². The van der Waals surface area contributed by atoms with Gasteiger partial charge in [-0.05, 0) is 25.1 Å². The van der Waals surface area contributed by atoms with Gasteiger partial charge < -0.3 is 11.1 Å². The minimum absolute atomic E-state index is 0.210. The lowest BCUT2D eigenvalue weighted by Crippen LogP contribution is -2.17. The number of rotatable bonds is 5. The van der Waals surface area contributed by atoms with Gasteiger partial charge in [-0.25, -0.2) is 12.8 Å². The zero-order valence-electron chi connectivity index (χ0n) is 11.1. The van der Waals surface area contributed by atoms with Crippen molar-refractivity contribution in [3.05, 3.63) is 29.6 Å². The van der Waals surface area contributed by atoms with Crippen LogP contribution in [0.2, 0.25) is 0 Å². The van der Waals surface area contributed by atoms with E-state index in [2.05, 4.69) is 10.3 Å². The van der Waals surface area contributed by atoms with Gasteiger partial charge in [0.25, 0.3) is 0 Å². The van der Waals surface area contributed by atoms with E-state index in [1.54, 1.807) is 13.1 Å². The Morgan fingerprint density at radius 1 is 1.53 bits per heavy atom. The molecule has 1 aromatic carbocycles. The number of hydrogen-bond donors (Lipinski definition) is 2. The average Bonchev–Trinajstić information content (AvgIpc) is 2.26. The SMILES string of the molecule is CNc1ccc(F)c(C(CS(C)(=O)=O)N=C(C)N)c1. The maximum Gasteiger partial charge on any atom is 0.149 e. The zero-order chi connectivity index (χ0) is 14.6. The Balaban J connectivity index is 3.28. The Morgan fingerprint density at radius 3 is 2.63 bits per heavy atom. The maximum absolute atomic E-state index is 13.8. The van der Waals surface area contributed by atoms with Gasteiger partial charge in [0, 0.05) is 24.6 Å². The number of anilines is 1. The van der Waals surface area contributed by atoms with Gasteiger partial charge in [0.1, 0.15) is 15.7 Å². The summed E-state index contributed by atoms with van der Waals surface area (Å²) in [5.41, 5.74) is 6.38. The molecule has 0 fully saturated rings. The fourth-order valence-corrected chi connectivity index (χ4v) is 2.51. The number of nitrogens with two attached hydrogens (primary N) is 1. The summed E-state index contributed by atoms with van der Waals surface area (Å²) in [6, 6.07) is 3.54. The standard InChI is InChI=1S/C12H18FN3O2S/c1-8(14)16-12(7-19(3,17)18)10-6-9(15-2)4-5-11(10)13/h4-6,12,15H,7H2,1-3H3,(H2,14,16). The molecule has 0 aliphatic heterocycles. The quantitative estimate of drug-likeness (QED) is 0.632. The molecular formula is C12H18FN3O2S. The van der Waals surface area contributed by atoms with Crippen molar-refractivity contribution < 1.29 is 12.8 Å². The van der Waals surface area contributed by atoms with Crippen LogP contribution < -0.4 is 11.1 Å². The molecule has 0 saturated carbocycles. The summed E-state index contributed by atoms with van der Waals surface area (Å²) in [6.07, 6.45) is 1.08. The van der Waals surface area contributed by atoms with Gasteiger partial charge in [-0.3, -0.25) is 4.99 Å². The van der Waals surface area contributed by atoms with Crippen molar-refractivity contribution in [2.24, 2.45) is 10.7 Å². The Kier molecular flexibility index (Phi) is 4.88. The summed E-state index contributed by atoms with van der Waals surface area (Å²) in [4.78, 5) is 4.02. The van der Waals surface area contributed by atoms with E-state index in [1.807, 2.05) is 0 Å². The average molecular weight is 287 g/mol. The zero-order valence-corrected chi connectivity index (χ0v) is 12.0. The first-order valence-electron chi connectivity index (χ1n) is 5.67. The topological polar surface area (TPSA) is 84.5 Å². The second kappa shape index (κ2) is 6.01. The predicted molar refractivity (Wildman–Crippen MR) is 75.7 cm³/mol. The molecule has 0 radical (unpaired) electrons. The van der Waals surface area contributed by atoms with Crippen LogP contribution in [-0.4, -0.2) is 33.3 Å². The second-order valence-electron chi connectivity index (χ2n) is 4.36. The highest BCUT2D eigenvalue weighted by Crippen LogP contribution is 2.25. The minimum atomic E-state index is -3.30. The fraction of sp³-hybridized carbons (Fsp3) is 0.417. The van der Waals surface area contributed by atoms with Crippen molar-refractivity contribution in [3.63, 3.8) is 0 Å². The Bertz CT molecular complexity index is 581. The summed E-state index contributed by atoms with van der Waals surface area (Å²) in [5, 5.41) is 2.87. The maximum atomic E-state index is 13.8. The summed E-state index contributed by atoms with van der Waals surface area (Å²) in [6.45, 7) is 1.54. The van der Waals surface area contributed by atoms with Crippen LogP contribution in [0, 0.1) is 5.82 Å². The third kappa shape index (κ3) is 4.86. The third-order valence-corrected chi connectivity index (χ3v) is 3.38. The number of nitrogens with zero attached hydrogens (tertiary/aromatic N) is 1. The number of halogens is 1. The molecule has 3 N–H and O–H groups in total. The largest absolute Gasteiger partial charge is 0.388 e. The van der Waals surface area contributed by atoms with Crippen LogP contribution in [0.5, 0.6) is 0 Å². The van der Waals surface area contributed by atoms with E-state index in [1.165, 1.54) is 19.1 Å². The Hall–Kier alpha value is -1.63. The van der Waals surface area contributed by atoms with Crippen molar-refractivity contribution in [2.75, 3.05) is 24.4 Å². The van der Waals surface area contributed by atoms with Crippen molar-refractivity contribution in [3.8, 4) is 0 Å². The molecule has 19 heavy (non-hydrogen) atoms. The molecule has 1 atom stereocenters. The summed E-state index contributed by atoms with van der Waals surface area (Å²) >= 11 is 0. The molecule has 106 valence electrons. The first-order chi connectivity index (χ1) is 8.73. The van der Waals surface area contributed by atoms with Gasteiger partial charge in [0.05, 0.1) is 17.6 Å². The molecule has 1 rings (SSSR count). The molecule has 0 saturated heterocycles. The Morgan fingerprint density at radius 2 is 2.16 bits per heavy atom. The number of aliphatic imine (C=N–C) groups is 1. The monoisotopic (exact) mass is 287 g/mol. The van der Waals surface area contributed by atoms with E-state index < -0.39 is 21.7 Å². The van der Waals surface area contributed by atoms with Crippen LogP contribution in [-0.2, 0) is 9.84 Å². The lowest BCUT2D eigenvalue weighted by atomic mass is 10.1. The van der Waals surface area contributed by atoms with Crippen LogP contribution in [0.25, 0.3) is 0 Å². The molecular weight excluding hydrogens is 269 g/mol. The number of benzene rings is 1. The van der Waals surface area contributed by atoms with Gasteiger partial charge in [-0.1, -0.05) is 0 Å². The van der Waals surface area contributed by atoms with Crippen molar-refractivity contribution in [2.45, 2.75) is 13.0 Å². The van der Waals surface area contributed by atoms with Crippen LogP contribution in [0.4, 0.5) is 10.1 Å². The van der Waals surface area contributed by atoms with Gasteiger partial charge in [0.15, 0.2) is 0 Å².